The lowest BCUT2D eigenvalue weighted by molar-refractivity contribution is -0.265. The van der Waals surface area contributed by atoms with Crippen LogP contribution in [0, 0.1) is 0 Å². The lowest BCUT2D eigenvalue weighted by atomic mass is 9.94. The molecule has 17 heteroatoms. The topological polar surface area (TPSA) is 229 Å². The number of carbonyl (C=O) groups excluding carboxylic acids is 4. The van der Waals surface area contributed by atoms with Crippen molar-refractivity contribution in [2.45, 2.75) is 57.5 Å². The van der Waals surface area contributed by atoms with Gasteiger partial charge in [-0.15, -0.1) is 0 Å². The summed E-state index contributed by atoms with van der Waals surface area (Å²) in [5.41, 5.74) is 0. The van der Waals surface area contributed by atoms with Crippen LogP contribution in [0.1, 0.15) is 27.7 Å². The van der Waals surface area contributed by atoms with Gasteiger partial charge in [-0.25, -0.2) is 0 Å². The maximum atomic E-state index is 12.6. The van der Waals surface area contributed by atoms with Crippen LogP contribution in [0.15, 0.2) is 0 Å². The van der Waals surface area contributed by atoms with Crippen LogP contribution < -0.4 is 0 Å². The minimum atomic E-state index is -5.81. The molecule has 0 aromatic heterocycles. The molecule has 1 rings (SSSR count). The van der Waals surface area contributed by atoms with Crippen LogP contribution in [-0.4, -0.2) is 86.0 Å². The number of hydrogen-bond acceptors (Lipinski definition) is 11. The minimum Gasteiger partial charge on any atom is -0.463 e. The van der Waals surface area contributed by atoms with Crippen LogP contribution in [0.3, 0.4) is 0 Å². The Morgan fingerprint density at radius 3 is 1.78 bits per heavy atom. The Morgan fingerprint density at radius 1 is 0.875 bits per heavy atom. The van der Waals surface area contributed by atoms with Crippen LogP contribution in [0.25, 0.3) is 0 Å². The van der Waals surface area contributed by atoms with Crippen LogP contribution >= 0.6 is 15.2 Å². The summed E-state index contributed by atoms with van der Waals surface area (Å²) in [6, 6.07) is 0. The van der Waals surface area contributed by atoms with Crippen molar-refractivity contribution in [3.8, 4) is 0 Å². The second-order valence-corrected chi connectivity index (χ2v) is 10.3. The van der Waals surface area contributed by atoms with E-state index in [4.69, 9.17) is 23.7 Å². The second kappa shape index (κ2) is 10.4. The van der Waals surface area contributed by atoms with Crippen molar-refractivity contribution >= 4 is 39.1 Å². The maximum absolute atomic E-state index is 12.6. The van der Waals surface area contributed by atoms with Gasteiger partial charge in [0.15, 0.2) is 12.2 Å². The lowest BCUT2D eigenvalue weighted by Gasteiger charge is -2.51. The van der Waals surface area contributed by atoms with Gasteiger partial charge in [-0.3, -0.25) is 28.3 Å². The molecule has 0 aromatic carbocycles. The number of rotatable bonds is 8. The Morgan fingerprint density at radius 2 is 1.41 bits per heavy atom. The highest BCUT2D eigenvalue weighted by atomic mass is 31.2. The van der Waals surface area contributed by atoms with E-state index in [1.54, 1.807) is 0 Å². The van der Waals surface area contributed by atoms with Crippen molar-refractivity contribution in [3.05, 3.63) is 0 Å². The normalized spacial score (nSPS) is 28.4. The fraction of sp³-hybridized carbons (Fsp3) is 0.733. The molecule has 0 radical (unpaired) electrons. The van der Waals surface area contributed by atoms with E-state index in [2.05, 4.69) is 0 Å². The van der Waals surface area contributed by atoms with E-state index in [-0.39, 0.29) is 0 Å². The molecule has 5 atom stereocenters. The van der Waals surface area contributed by atoms with E-state index in [1.807, 2.05) is 0 Å². The summed E-state index contributed by atoms with van der Waals surface area (Å²) in [7, 11) is -10.9. The quantitative estimate of drug-likeness (QED) is 0.172. The SMILES string of the molecule is CC(=O)OC[C@H]1O[C@H](CP(=O)(O)O)[C@@](OC(C)=O)(P(=O)(O)O)[C@@H](OC(C)=O)[C@@H]1OC(C)=O. The van der Waals surface area contributed by atoms with Crippen molar-refractivity contribution in [1.82, 2.24) is 0 Å². The van der Waals surface area contributed by atoms with Gasteiger partial charge in [-0.05, 0) is 0 Å². The molecule has 15 nitrogen and oxygen atoms in total. The zero-order valence-corrected chi connectivity index (χ0v) is 19.2. The minimum absolute atomic E-state index is 0.725. The van der Waals surface area contributed by atoms with Crippen LogP contribution in [-0.2, 0) is 52.0 Å². The van der Waals surface area contributed by atoms with Crippen LogP contribution in [0.2, 0.25) is 0 Å². The first kappa shape index (κ1) is 28.2. The third-order valence-corrected chi connectivity index (χ3v) is 6.44. The highest BCUT2D eigenvalue weighted by Crippen LogP contribution is 2.61. The predicted molar refractivity (Wildman–Crippen MR) is 99.9 cm³/mol. The van der Waals surface area contributed by atoms with E-state index in [1.165, 1.54) is 0 Å². The molecule has 1 aliphatic rings. The van der Waals surface area contributed by atoms with E-state index >= 15 is 0 Å². The molecule has 0 amide bonds. The monoisotopic (exact) mass is 506 g/mol. The molecule has 1 heterocycles. The Kier molecular flexibility index (Phi) is 9.14. The molecule has 1 saturated heterocycles. The summed E-state index contributed by atoms with van der Waals surface area (Å²) in [6.07, 6.45) is -9.55. The van der Waals surface area contributed by atoms with Gasteiger partial charge in [0.2, 0.25) is 0 Å². The van der Waals surface area contributed by atoms with E-state index in [0.717, 1.165) is 27.7 Å². The molecule has 0 bridgehead atoms. The molecule has 0 spiro atoms. The largest absolute Gasteiger partial charge is 0.463 e. The Balaban J connectivity index is 3.85. The molecule has 0 unspecified atom stereocenters. The zero-order chi connectivity index (χ0) is 25.1. The number of esters is 4. The molecule has 0 aliphatic carbocycles. The highest BCUT2D eigenvalue weighted by molar-refractivity contribution is 7.54. The first-order chi connectivity index (χ1) is 14.4. The Hall–Kier alpha value is -1.86. The molecule has 0 aromatic rings. The molecular formula is C15H24O15P2. The van der Waals surface area contributed by atoms with Crippen molar-refractivity contribution in [2.75, 3.05) is 12.8 Å². The van der Waals surface area contributed by atoms with Gasteiger partial charge in [-0.2, -0.15) is 0 Å². The summed E-state index contributed by atoms with van der Waals surface area (Å²) in [5, 5.41) is -3.32. The van der Waals surface area contributed by atoms with Crippen molar-refractivity contribution in [1.29, 1.82) is 0 Å². The third kappa shape index (κ3) is 7.07. The molecule has 4 N–H and O–H groups in total. The average molecular weight is 506 g/mol. The molecule has 32 heavy (non-hydrogen) atoms. The number of ether oxygens (including phenoxy) is 5. The van der Waals surface area contributed by atoms with Gasteiger partial charge in [0.25, 0.3) is 5.34 Å². The first-order valence-corrected chi connectivity index (χ1v) is 12.2. The van der Waals surface area contributed by atoms with E-state index < -0.39 is 81.6 Å². The summed E-state index contributed by atoms with van der Waals surface area (Å²) in [6.45, 7) is 2.69. The predicted octanol–water partition coefficient (Wildman–Crippen LogP) is -1.20. The fourth-order valence-corrected chi connectivity index (χ4v) is 5.39. The van der Waals surface area contributed by atoms with Gasteiger partial charge in [-0.1, -0.05) is 0 Å². The van der Waals surface area contributed by atoms with Crippen molar-refractivity contribution in [2.24, 2.45) is 0 Å². The molecule has 1 aliphatic heterocycles. The third-order valence-electron chi connectivity index (χ3n) is 4.08. The summed E-state index contributed by atoms with van der Waals surface area (Å²) in [5.74, 6) is -4.43. The lowest BCUT2D eigenvalue weighted by Crippen LogP contribution is -2.70. The summed E-state index contributed by atoms with van der Waals surface area (Å²) in [4.78, 5) is 85.6. The zero-order valence-electron chi connectivity index (χ0n) is 17.4. The standard InChI is InChI=1S/C15H24O15P2/c1-7(16)26-5-11-13(27-8(2)17)14(28-9(3)18)15(30-10(4)19,32(23,24)25)12(29-11)6-31(20,21)22/h11-14H,5-6H2,1-4H3,(H2,20,21,22)(H2,23,24,25)/t11-,12-,13-,14+,15-/m1/s1. The fourth-order valence-electron chi connectivity index (χ4n) is 3.15. The molecular weight excluding hydrogens is 482 g/mol. The van der Waals surface area contributed by atoms with Gasteiger partial charge in [0, 0.05) is 27.7 Å². The first-order valence-electron chi connectivity index (χ1n) is 8.83. The molecule has 1 fully saturated rings. The van der Waals surface area contributed by atoms with Crippen LogP contribution in [0.4, 0.5) is 0 Å². The number of carbonyl (C=O) groups is 4. The van der Waals surface area contributed by atoms with E-state index in [9.17, 15) is 47.9 Å². The van der Waals surface area contributed by atoms with Crippen molar-refractivity contribution in [3.63, 3.8) is 0 Å². The maximum Gasteiger partial charge on any atom is 0.375 e. The smallest absolute Gasteiger partial charge is 0.375 e. The summed E-state index contributed by atoms with van der Waals surface area (Å²) >= 11 is 0. The van der Waals surface area contributed by atoms with Crippen LogP contribution in [0.5, 0.6) is 0 Å². The van der Waals surface area contributed by atoms with Crippen molar-refractivity contribution < 1.29 is 71.6 Å². The van der Waals surface area contributed by atoms with Gasteiger partial charge in [0.1, 0.15) is 18.8 Å². The van der Waals surface area contributed by atoms with Gasteiger partial charge >= 0.3 is 39.1 Å². The Labute approximate surface area is 181 Å². The van der Waals surface area contributed by atoms with E-state index in [0.29, 0.717) is 0 Å². The van der Waals surface area contributed by atoms with Gasteiger partial charge < -0.3 is 43.3 Å². The molecule has 184 valence electrons. The molecule has 0 saturated carbocycles. The summed E-state index contributed by atoms with van der Waals surface area (Å²) < 4.78 is 49.3. The second-order valence-electron chi connectivity index (χ2n) is 6.81. The Bertz CT molecular complexity index is 844. The highest BCUT2D eigenvalue weighted by Gasteiger charge is 2.71. The van der Waals surface area contributed by atoms with Gasteiger partial charge in [0.05, 0.1) is 6.16 Å². The average Bonchev–Trinajstić information content (AvgIpc) is 2.54. The number of hydrogen-bond donors (Lipinski definition) is 4.